The first-order valence-electron chi connectivity index (χ1n) is 9.88. The molecule has 1 aliphatic carbocycles. The molecule has 140 valence electrons. The van der Waals surface area contributed by atoms with Crippen LogP contribution in [-0.4, -0.2) is 19.8 Å². The van der Waals surface area contributed by atoms with Crippen LogP contribution in [0.25, 0.3) is 11.1 Å². The number of hydrogen-bond donors (Lipinski definition) is 0. The monoisotopic (exact) mass is 416 g/mol. The summed E-state index contributed by atoms with van der Waals surface area (Å²) in [7, 11) is 0. The molecule has 1 saturated carbocycles. The minimum Gasteiger partial charge on any atom is -0.494 e. The van der Waals surface area contributed by atoms with Gasteiger partial charge in [0.15, 0.2) is 0 Å². The highest BCUT2D eigenvalue weighted by Gasteiger charge is 2.16. The third-order valence-corrected chi connectivity index (χ3v) is 5.59. The molecular weight excluding hydrogens is 388 g/mol. The van der Waals surface area contributed by atoms with Crippen LogP contribution in [0.5, 0.6) is 5.75 Å². The number of hydrogen-bond acceptors (Lipinski definition) is 2. The molecule has 1 aliphatic rings. The molecule has 2 nitrogen and oxygen atoms in total. The summed E-state index contributed by atoms with van der Waals surface area (Å²) in [4.78, 5) is 0. The molecule has 0 aliphatic heterocycles. The zero-order chi connectivity index (χ0) is 18.0. The van der Waals surface area contributed by atoms with Crippen molar-refractivity contribution in [1.82, 2.24) is 0 Å². The van der Waals surface area contributed by atoms with Crippen LogP contribution < -0.4 is 4.74 Å². The fourth-order valence-electron chi connectivity index (χ4n) is 3.15. The van der Waals surface area contributed by atoms with Crippen LogP contribution in [-0.2, 0) is 4.74 Å². The van der Waals surface area contributed by atoms with Gasteiger partial charge < -0.3 is 9.47 Å². The Kier molecular flexibility index (Phi) is 8.03. The van der Waals surface area contributed by atoms with Crippen LogP contribution in [0.1, 0.15) is 44.9 Å². The Bertz CT molecular complexity index is 632. The normalized spacial score (nSPS) is 14.2. The Hall–Kier alpha value is -1.32. The van der Waals surface area contributed by atoms with Gasteiger partial charge in [-0.2, -0.15) is 0 Å². The molecule has 1 fully saturated rings. The number of unbranched alkanes of at least 4 members (excludes halogenated alkanes) is 3. The molecule has 0 radical (unpaired) electrons. The molecule has 0 bridgehead atoms. The highest BCUT2D eigenvalue weighted by Crippen LogP contribution is 2.26. The average molecular weight is 417 g/mol. The Morgan fingerprint density at radius 2 is 1.38 bits per heavy atom. The summed E-state index contributed by atoms with van der Waals surface area (Å²) in [5, 5.41) is 0. The molecular formula is C23H29BrO2. The van der Waals surface area contributed by atoms with Crippen molar-refractivity contribution in [3.63, 3.8) is 0 Å². The van der Waals surface area contributed by atoms with E-state index >= 15 is 0 Å². The lowest BCUT2D eigenvalue weighted by Gasteiger charge is -2.24. The van der Waals surface area contributed by atoms with E-state index in [-0.39, 0.29) is 0 Å². The van der Waals surface area contributed by atoms with Crippen molar-refractivity contribution in [3.8, 4) is 16.9 Å². The molecule has 0 unspecified atom stereocenters. The minimum absolute atomic E-state index is 0.792. The van der Waals surface area contributed by atoms with E-state index in [0.29, 0.717) is 0 Å². The van der Waals surface area contributed by atoms with Crippen LogP contribution in [0, 0.1) is 5.92 Å². The van der Waals surface area contributed by atoms with Crippen molar-refractivity contribution >= 4 is 15.9 Å². The fourth-order valence-corrected chi connectivity index (χ4v) is 3.41. The van der Waals surface area contributed by atoms with Crippen LogP contribution in [0.4, 0.5) is 0 Å². The van der Waals surface area contributed by atoms with Gasteiger partial charge in [-0.25, -0.2) is 0 Å². The van der Waals surface area contributed by atoms with Crippen LogP contribution in [0.2, 0.25) is 0 Å². The van der Waals surface area contributed by atoms with E-state index in [4.69, 9.17) is 9.47 Å². The maximum absolute atomic E-state index is 5.86. The van der Waals surface area contributed by atoms with Crippen molar-refractivity contribution in [2.75, 3.05) is 19.8 Å². The molecule has 0 N–H and O–H groups in total. The molecule has 3 rings (SSSR count). The Labute approximate surface area is 166 Å². The van der Waals surface area contributed by atoms with Gasteiger partial charge in [-0.15, -0.1) is 0 Å². The molecule has 0 saturated heterocycles. The van der Waals surface area contributed by atoms with Crippen molar-refractivity contribution in [3.05, 3.63) is 53.0 Å². The van der Waals surface area contributed by atoms with Gasteiger partial charge in [0.2, 0.25) is 0 Å². The zero-order valence-corrected chi connectivity index (χ0v) is 17.0. The summed E-state index contributed by atoms with van der Waals surface area (Å²) in [6.45, 7) is 2.70. The van der Waals surface area contributed by atoms with E-state index < -0.39 is 0 Å². The van der Waals surface area contributed by atoms with Crippen molar-refractivity contribution in [2.24, 2.45) is 5.92 Å². The van der Waals surface area contributed by atoms with E-state index in [9.17, 15) is 0 Å². The molecule has 3 heteroatoms. The van der Waals surface area contributed by atoms with Gasteiger partial charge in [0.05, 0.1) is 6.61 Å². The van der Waals surface area contributed by atoms with Gasteiger partial charge in [0, 0.05) is 17.7 Å². The molecule has 0 spiro atoms. The van der Waals surface area contributed by atoms with Gasteiger partial charge in [0.1, 0.15) is 5.75 Å². The van der Waals surface area contributed by atoms with Crippen LogP contribution in [0.15, 0.2) is 53.0 Å². The second-order valence-corrected chi connectivity index (χ2v) is 8.08. The Balaban J connectivity index is 1.25. The van der Waals surface area contributed by atoms with Crippen molar-refractivity contribution in [2.45, 2.75) is 44.9 Å². The lowest BCUT2D eigenvalue weighted by atomic mass is 9.86. The molecule has 2 aromatic rings. The fraction of sp³-hybridized carbons (Fsp3) is 0.478. The smallest absolute Gasteiger partial charge is 0.119 e. The third-order valence-electron chi connectivity index (χ3n) is 5.06. The average Bonchev–Trinajstić information content (AvgIpc) is 2.63. The molecule has 0 heterocycles. The summed E-state index contributed by atoms with van der Waals surface area (Å²) < 4.78 is 12.7. The number of ether oxygens (including phenoxy) is 2. The summed E-state index contributed by atoms with van der Waals surface area (Å²) in [5.74, 6) is 1.81. The summed E-state index contributed by atoms with van der Waals surface area (Å²) >= 11 is 3.47. The molecule has 0 aromatic heterocycles. The van der Waals surface area contributed by atoms with Gasteiger partial charge in [-0.1, -0.05) is 53.0 Å². The maximum Gasteiger partial charge on any atom is 0.119 e. The van der Waals surface area contributed by atoms with Gasteiger partial charge in [0.25, 0.3) is 0 Å². The zero-order valence-electron chi connectivity index (χ0n) is 15.5. The first kappa shape index (κ1) is 19.4. The quantitative estimate of drug-likeness (QED) is 0.372. The number of halogens is 1. The molecule has 26 heavy (non-hydrogen) atoms. The van der Waals surface area contributed by atoms with E-state index in [0.717, 1.165) is 42.4 Å². The van der Waals surface area contributed by atoms with E-state index in [1.54, 1.807) is 0 Å². The predicted molar refractivity (Wildman–Crippen MR) is 112 cm³/mol. The third kappa shape index (κ3) is 6.44. The number of benzene rings is 2. The minimum atomic E-state index is 0.792. The predicted octanol–water partition coefficient (Wildman–Crippen LogP) is 6.87. The van der Waals surface area contributed by atoms with E-state index in [2.05, 4.69) is 64.5 Å². The van der Waals surface area contributed by atoms with Gasteiger partial charge >= 0.3 is 0 Å². The second-order valence-electron chi connectivity index (χ2n) is 7.17. The first-order chi connectivity index (χ1) is 12.8. The molecule has 0 amide bonds. The summed E-state index contributed by atoms with van der Waals surface area (Å²) in [6, 6.07) is 16.7. The maximum atomic E-state index is 5.86. The standard InChI is InChI=1S/C23H29BrO2/c24-22-12-8-20(9-13-22)21-10-14-23(15-11-21)26-17-4-2-1-3-16-25-18-19-6-5-7-19/h8-15,19H,1-7,16-18H2. The summed E-state index contributed by atoms with van der Waals surface area (Å²) in [5.41, 5.74) is 2.44. The SMILES string of the molecule is Brc1ccc(-c2ccc(OCCCCCCOCC3CCC3)cc2)cc1. The van der Waals surface area contributed by atoms with Crippen molar-refractivity contribution in [1.29, 1.82) is 0 Å². The lowest BCUT2D eigenvalue weighted by molar-refractivity contribution is 0.0677. The second kappa shape index (κ2) is 10.7. The first-order valence-corrected chi connectivity index (χ1v) is 10.7. The highest BCUT2D eigenvalue weighted by atomic mass is 79.9. The lowest BCUT2D eigenvalue weighted by Crippen LogP contribution is -2.17. The van der Waals surface area contributed by atoms with Gasteiger partial charge in [-0.05, 0) is 73.4 Å². The van der Waals surface area contributed by atoms with E-state index in [1.807, 2.05) is 0 Å². The Morgan fingerprint density at radius 1 is 0.769 bits per heavy atom. The van der Waals surface area contributed by atoms with Crippen LogP contribution in [0.3, 0.4) is 0 Å². The summed E-state index contributed by atoms with van der Waals surface area (Å²) in [6.07, 6.45) is 8.88. The van der Waals surface area contributed by atoms with Gasteiger partial charge in [-0.3, -0.25) is 0 Å². The molecule has 0 atom stereocenters. The Morgan fingerprint density at radius 3 is 2.00 bits per heavy atom. The van der Waals surface area contributed by atoms with Crippen molar-refractivity contribution < 1.29 is 9.47 Å². The molecule has 2 aromatic carbocycles. The van der Waals surface area contributed by atoms with E-state index in [1.165, 1.54) is 49.7 Å². The largest absolute Gasteiger partial charge is 0.494 e. The number of rotatable bonds is 11. The van der Waals surface area contributed by atoms with Crippen LogP contribution >= 0.6 is 15.9 Å². The topological polar surface area (TPSA) is 18.5 Å². The highest BCUT2D eigenvalue weighted by molar-refractivity contribution is 9.10.